The largest absolute Gasteiger partial charge is 0.480 e. The summed E-state index contributed by atoms with van der Waals surface area (Å²) < 4.78 is 0. The van der Waals surface area contributed by atoms with Crippen LogP contribution in [0.25, 0.3) is 21.8 Å². The van der Waals surface area contributed by atoms with Crippen molar-refractivity contribution in [1.29, 1.82) is 0 Å². The van der Waals surface area contributed by atoms with Crippen molar-refractivity contribution in [3.8, 4) is 0 Å². The zero-order valence-electron chi connectivity index (χ0n) is 17.4. The number of carboxylic acid groups (broad SMARTS) is 1. The van der Waals surface area contributed by atoms with Gasteiger partial charge < -0.3 is 5.11 Å². The summed E-state index contributed by atoms with van der Waals surface area (Å²) in [5.41, 5.74) is 3.55. The van der Waals surface area contributed by atoms with Gasteiger partial charge in [0.1, 0.15) is 6.04 Å². The fourth-order valence-corrected chi connectivity index (χ4v) is 4.24. The molecule has 0 aliphatic carbocycles. The van der Waals surface area contributed by atoms with Gasteiger partial charge in [-0.25, -0.2) is 0 Å². The molecule has 0 amide bonds. The molecular weight excluding hydrogens is 406 g/mol. The van der Waals surface area contributed by atoms with Crippen LogP contribution >= 0.6 is 11.8 Å². The van der Waals surface area contributed by atoms with Gasteiger partial charge in [0.25, 0.3) is 0 Å². The van der Waals surface area contributed by atoms with Crippen molar-refractivity contribution >= 4 is 39.5 Å². The second kappa shape index (κ2) is 9.90. The van der Waals surface area contributed by atoms with Crippen LogP contribution in [-0.2, 0) is 17.9 Å². The summed E-state index contributed by atoms with van der Waals surface area (Å²) in [6, 6.07) is 23.4. The SMILES string of the molecule is CSCC[C@@H](C(=O)O)N(Cc1ccc2ccccc2n1)Cc1ccc2ccccc2n1. The van der Waals surface area contributed by atoms with Crippen molar-refractivity contribution < 1.29 is 9.90 Å². The molecule has 158 valence electrons. The average molecular weight is 432 g/mol. The van der Waals surface area contributed by atoms with E-state index in [4.69, 9.17) is 9.97 Å². The van der Waals surface area contributed by atoms with Gasteiger partial charge in [0, 0.05) is 23.9 Å². The van der Waals surface area contributed by atoms with E-state index in [2.05, 4.69) is 0 Å². The molecule has 0 spiro atoms. The van der Waals surface area contributed by atoms with Gasteiger partial charge in [0.15, 0.2) is 0 Å². The Kier molecular flexibility index (Phi) is 6.79. The minimum atomic E-state index is -0.810. The van der Waals surface area contributed by atoms with Crippen molar-refractivity contribution in [1.82, 2.24) is 14.9 Å². The van der Waals surface area contributed by atoms with Crippen LogP contribution in [0, 0.1) is 0 Å². The first-order valence-electron chi connectivity index (χ1n) is 10.3. The van der Waals surface area contributed by atoms with Crippen LogP contribution in [0.5, 0.6) is 0 Å². The van der Waals surface area contributed by atoms with Crippen LogP contribution in [0.15, 0.2) is 72.8 Å². The number of aliphatic carboxylic acids is 1. The lowest BCUT2D eigenvalue weighted by atomic mass is 10.1. The van der Waals surface area contributed by atoms with Gasteiger partial charge in [-0.3, -0.25) is 19.7 Å². The van der Waals surface area contributed by atoms with E-state index in [0.717, 1.165) is 38.9 Å². The highest BCUT2D eigenvalue weighted by Gasteiger charge is 2.26. The number of benzene rings is 2. The predicted octanol–water partition coefficient (Wildman–Crippen LogP) is 4.99. The van der Waals surface area contributed by atoms with Crippen LogP contribution in [-0.4, -0.2) is 44.0 Å². The van der Waals surface area contributed by atoms with E-state index in [-0.39, 0.29) is 0 Å². The summed E-state index contributed by atoms with van der Waals surface area (Å²) in [4.78, 5) is 23.7. The Morgan fingerprint density at radius 3 is 1.87 bits per heavy atom. The molecule has 4 aromatic rings. The number of aromatic nitrogens is 2. The van der Waals surface area contributed by atoms with E-state index >= 15 is 0 Å². The summed E-state index contributed by atoms with van der Waals surface area (Å²) in [5.74, 6) is -0.0281. The lowest BCUT2D eigenvalue weighted by Crippen LogP contribution is -2.41. The maximum Gasteiger partial charge on any atom is 0.320 e. The number of carbonyl (C=O) groups is 1. The predicted molar refractivity (Wildman–Crippen MR) is 127 cm³/mol. The highest BCUT2D eigenvalue weighted by molar-refractivity contribution is 7.98. The molecule has 0 fully saturated rings. The van der Waals surface area contributed by atoms with Crippen LogP contribution < -0.4 is 0 Å². The molecular formula is C25H25N3O2S. The zero-order valence-corrected chi connectivity index (χ0v) is 18.3. The first-order chi connectivity index (χ1) is 15.1. The van der Waals surface area contributed by atoms with Gasteiger partial charge in [-0.05, 0) is 42.7 Å². The van der Waals surface area contributed by atoms with E-state index in [9.17, 15) is 9.90 Å². The van der Waals surface area contributed by atoms with Gasteiger partial charge >= 0.3 is 5.97 Å². The quantitative estimate of drug-likeness (QED) is 0.403. The van der Waals surface area contributed by atoms with E-state index in [1.54, 1.807) is 11.8 Å². The Bertz CT molecular complexity index is 1120. The number of pyridine rings is 2. The number of hydrogen-bond donors (Lipinski definition) is 1. The molecule has 0 aliphatic heterocycles. The second-order valence-corrected chi connectivity index (χ2v) is 8.52. The number of nitrogens with zero attached hydrogens (tertiary/aromatic N) is 3. The number of thioether (sulfide) groups is 1. The smallest absolute Gasteiger partial charge is 0.320 e. The van der Waals surface area contributed by atoms with Gasteiger partial charge in [0.05, 0.1) is 22.4 Å². The Balaban J connectivity index is 1.65. The number of hydrogen-bond acceptors (Lipinski definition) is 5. The number of carboxylic acids is 1. The topological polar surface area (TPSA) is 66.3 Å². The highest BCUT2D eigenvalue weighted by Crippen LogP contribution is 2.20. The Morgan fingerprint density at radius 2 is 1.39 bits per heavy atom. The summed E-state index contributed by atoms with van der Waals surface area (Å²) >= 11 is 1.66. The molecule has 1 atom stereocenters. The summed E-state index contributed by atoms with van der Waals surface area (Å²) in [7, 11) is 0. The normalized spacial score (nSPS) is 12.5. The molecule has 0 unspecified atom stereocenters. The van der Waals surface area contributed by atoms with Gasteiger partial charge in [0.2, 0.25) is 0 Å². The van der Waals surface area contributed by atoms with E-state index in [1.165, 1.54) is 0 Å². The molecule has 4 rings (SSSR count). The van der Waals surface area contributed by atoms with Gasteiger partial charge in [-0.2, -0.15) is 11.8 Å². The van der Waals surface area contributed by atoms with Crippen LogP contribution in [0.2, 0.25) is 0 Å². The van der Waals surface area contributed by atoms with E-state index < -0.39 is 12.0 Å². The second-order valence-electron chi connectivity index (χ2n) is 7.53. The molecule has 0 saturated carbocycles. The summed E-state index contributed by atoms with van der Waals surface area (Å²) in [5, 5.41) is 12.1. The lowest BCUT2D eigenvalue weighted by Gasteiger charge is -2.28. The highest BCUT2D eigenvalue weighted by atomic mass is 32.2. The molecule has 31 heavy (non-hydrogen) atoms. The summed E-state index contributed by atoms with van der Waals surface area (Å²) in [6.07, 6.45) is 2.57. The van der Waals surface area contributed by atoms with Crippen LogP contribution in [0.4, 0.5) is 0 Å². The Hall–Kier alpha value is -2.96. The fraction of sp³-hybridized carbons (Fsp3) is 0.240. The molecule has 0 saturated heterocycles. The van der Waals surface area contributed by atoms with Crippen LogP contribution in [0.1, 0.15) is 17.8 Å². The zero-order chi connectivity index (χ0) is 21.6. The van der Waals surface area contributed by atoms with Gasteiger partial charge in [-0.1, -0.05) is 48.5 Å². The average Bonchev–Trinajstić information content (AvgIpc) is 2.79. The molecule has 2 heterocycles. The Morgan fingerprint density at radius 1 is 0.871 bits per heavy atom. The monoisotopic (exact) mass is 431 g/mol. The standard InChI is InChI=1S/C25H25N3O2S/c1-31-15-14-24(25(29)30)28(16-20-12-10-18-6-2-4-8-22(18)26-20)17-21-13-11-19-7-3-5-9-23(19)27-21/h2-13,24H,14-17H2,1H3,(H,29,30)/t24-/m0/s1. The Labute approximate surface area is 186 Å². The third-order valence-corrected chi connectivity index (χ3v) is 6.01. The van der Waals surface area contributed by atoms with Crippen molar-refractivity contribution in [3.05, 3.63) is 84.2 Å². The minimum Gasteiger partial charge on any atom is -0.480 e. The van der Waals surface area contributed by atoms with E-state index in [0.29, 0.717) is 19.5 Å². The maximum absolute atomic E-state index is 12.2. The molecule has 2 aromatic carbocycles. The summed E-state index contributed by atoms with van der Waals surface area (Å²) in [6.45, 7) is 0.898. The van der Waals surface area contributed by atoms with Crippen molar-refractivity contribution in [3.63, 3.8) is 0 Å². The van der Waals surface area contributed by atoms with Crippen molar-refractivity contribution in [2.24, 2.45) is 0 Å². The maximum atomic E-state index is 12.2. The van der Waals surface area contributed by atoms with Crippen LogP contribution in [0.3, 0.4) is 0 Å². The molecule has 0 aliphatic rings. The third-order valence-electron chi connectivity index (χ3n) is 5.36. The first kappa shape index (κ1) is 21.3. The lowest BCUT2D eigenvalue weighted by molar-refractivity contribution is -0.144. The van der Waals surface area contributed by atoms with Gasteiger partial charge in [-0.15, -0.1) is 0 Å². The molecule has 5 nitrogen and oxygen atoms in total. The third kappa shape index (κ3) is 5.21. The van der Waals surface area contributed by atoms with Crippen molar-refractivity contribution in [2.45, 2.75) is 25.6 Å². The first-order valence-corrected chi connectivity index (χ1v) is 11.7. The minimum absolute atomic E-state index is 0.449. The molecule has 0 bridgehead atoms. The number of fused-ring (bicyclic) bond motifs is 2. The fourth-order valence-electron chi connectivity index (χ4n) is 3.78. The molecule has 0 radical (unpaired) electrons. The molecule has 2 aromatic heterocycles. The number of para-hydroxylation sites is 2. The number of rotatable bonds is 9. The van der Waals surface area contributed by atoms with E-state index in [1.807, 2.05) is 84.0 Å². The molecule has 1 N–H and O–H groups in total. The molecule has 6 heteroatoms. The van der Waals surface area contributed by atoms with Crippen molar-refractivity contribution in [2.75, 3.05) is 12.0 Å².